The second-order valence-corrected chi connectivity index (χ2v) is 6.68. The molecule has 2 N–H and O–H groups in total. The molecule has 0 saturated carbocycles. The first-order chi connectivity index (χ1) is 14.2. The van der Waals surface area contributed by atoms with E-state index in [9.17, 15) is 4.79 Å². The van der Waals surface area contributed by atoms with Gasteiger partial charge in [0.1, 0.15) is 0 Å². The first-order valence-corrected chi connectivity index (χ1v) is 9.90. The van der Waals surface area contributed by atoms with E-state index in [2.05, 4.69) is 39.7 Å². The van der Waals surface area contributed by atoms with Gasteiger partial charge >= 0.3 is 0 Å². The van der Waals surface area contributed by atoms with Crippen molar-refractivity contribution in [2.45, 2.75) is 26.4 Å². The third-order valence-electron chi connectivity index (χ3n) is 4.44. The van der Waals surface area contributed by atoms with E-state index >= 15 is 0 Å². The highest BCUT2D eigenvalue weighted by Crippen LogP contribution is 2.07. The number of aromatic nitrogens is 2. The first kappa shape index (κ1) is 23.6. The van der Waals surface area contributed by atoms with Crippen molar-refractivity contribution < 1.29 is 0 Å². The lowest BCUT2D eigenvalue weighted by atomic mass is 10.1. The summed E-state index contributed by atoms with van der Waals surface area (Å²) in [6.07, 6.45) is 4.46. The van der Waals surface area contributed by atoms with Gasteiger partial charge in [0, 0.05) is 43.7 Å². The van der Waals surface area contributed by atoms with E-state index < -0.39 is 0 Å². The molecule has 7 heteroatoms. The lowest BCUT2D eigenvalue weighted by molar-refractivity contribution is 0.758. The van der Waals surface area contributed by atoms with Crippen molar-refractivity contribution >= 4 is 29.9 Å². The molecule has 30 heavy (non-hydrogen) atoms. The van der Waals surface area contributed by atoms with Crippen LogP contribution in [0.4, 0.5) is 0 Å². The van der Waals surface area contributed by atoms with Gasteiger partial charge in [0.15, 0.2) is 5.96 Å². The van der Waals surface area contributed by atoms with Crippen LogP contribution >= 0.6 is 24.0 Å². The SMILES string of the molecule is CCNC(=NCc1ccc(Cn2ccccc2=O)cc1)NCCc1ccccn1.I. The molecule has 158 valence electrons. The zero-order valence-electron chi connectivity index (χ0n) is 17.1. The van der Waals surface area contributed by atoms with Crippen LogP contribution in [0, 0.1) is 0 Å². The van der Waals surface area contributed by atoms with Gasteiger partial charge in [0.2, 0.25) is 0 Å². The van der Waals surface area contributed by atoms with Crippen molar-refractivity contribution in [3.05, 3.63) is 100 Å². The molecule has 3 rings (SSSR count). The molecule has 0 spiro atoms. The Labute approximate surface area is 194 Å². The Bertz CT molecular complexity index is 971. The highest BCUT2D eigenvalue weighted by atomic mass is 127. The van der Waals surface area contributed by atoms with Crippen LogP contribution in [0.1, 0.15) is 23.7 Å². The van der Waals surface area contributed by atoms with Gasteiger partial charge in [0.05, 0.1) is 13.1 Å². The summed E-state index contributed by atoms with van der Waals surface area (Å²) in [7, 11) is 0. The summed E-state index contributed by atoms with van der Waals surface area (Å²) in [6, 6.07) is 19.4. The zero-order valence-corrected chi connectivity index (χ0v) is 19.5. The van der Waals surface area contributed by atoms with Crippen LogP contribution in [0.3, 0.4) is 0 Å². The molecule has 0 fully saturated rings. The molecule has 1 aromatic carbocycles. The molecule has 0 atom stereocenters. The molecule has 0 aliphatic rings. The van der Waals surface area contributed by atoms with E-state index in [1.165, 1.54) is 0 Å². The van der Waals surface area contributed by atoms with Gasteiger partial charge in [0.25, 0.3) is 5.56 Å². The standard InChI is InChI=1S/C23H27N5O.HI/c1-2-24-23(26-15-13-21-7-3-5-14-25-21)27-17-19-9-11-20(12-10-19)18-28-16-6-4-8-22(28)29;/h3-12,14,16H,2,13,15,17-18H2,1H3,(H2,24,26,27);1H. The summed E-state index contributed by atoms with van der Waals surface area (Å²) < 4.78 is 1.70. The first-order valence-electron chi connectivity index (χ1n) is 9.90. The van der Waals surface area contributed by atoms with Crippen LogP contribution in [0.15, 0.2) is 82.8 Å². The number of guanidine groups is 1. The number of hydrogen-bond acceptors (Lipinski definition) is 3. The number of hydrogen-bond donors (Lipinski definition) is 2. The van der Waals surface area contributed by atoms with Crippen molar-refractivity contribution in [2.24, 2.45) is 4.99 Å². The summed E-state index contributed by atoms with van der Waals surface area (Å²) in [5.41, 5.74) is 3.28. The van der Waals surface area contributed by atoms with Crippen molar-refractivity contribution in [2.75, 3.05) is 13.1 Å². The molecular weight excluding hydrogens is 489 g/mol. The van der Waals surface area contributed by atoms with Crippen LogP contribution in [0.2, 0.25) is 0 Å². The van der Waals surface area contributed by atoms with Gasteiger partial charge in [-0.05, 0) is 36.2 Å². The van der Waals surface area contributed by atoms with Crippen LogP contribution < -0.4 is 16.2 Å². The largest absolute Gasteiger partial charge is 0.357 e. The van der Waals surface area contributed by atoms with E-state index in [0.29, 0.717) is 13.1 Å². The molecule has 2 heterocycles. The van der Waals surface area contributed by atoms with Crippen LogP contribution in [0.25, 0.3) is 0 Å². The third-order valence-corrected chi connectivity index (χ3v) is 4.44. The normalized spacial score (nSPS) is 10.9. The van der Waals surface area contributed by atoms with E-state index in [-0.39, 0.29) is 29.5 Å². The zero-order chi connectivity index (χ0) is 20.3. The number of aliphatic imine (C=N–C) groups is 1. The summed E-state index contributed by atoms with van der Waals surface area (Å²) in [6.45, 7) is 4.79. The molecule has 0 saturated heterocycles. The van der Waals surface area contributed by atoms with Gasteiger partial charge < -0.3 is 15.2 Å². The van der Waals surface area contributed by atoms with Gasteiger partial charge in [-0.15, -0.1) is 24.0 Å². The van der Waals surface area contributed by atoms with Crippen LogP contribution in [-0.2, 0) is 19.5 Å². The van der Waals surface area contributed by atoms with Crippen molar-refractivity contribution in [1.82, 2.24) is 20.2 Å². The van der Waals surface area contributed by atoms with Crippen molar-refractivity contribution in [1.29, 1.82) is 0 Å². The second kappa shape index (κ2) is 12.8. The summed E-state index contributed by atoms with van der Waals surface area (Å²) in [5.74, 6) is 0.795. The highest BCUT2D eigenvalue weighted by molar-refractivity contribution is 14.0. The molecule has 3 aromatic rings. The topological polar surface area (TPSA) is 71.3 Å². The maximum atomic E-state index is 11.8. The molecule has 0 aliphatic heterocycles. The number of nitrogens with one attached hydrogen (secondary N) is 2. The molecule has 0 radical (unpaired) electrons. The second-order valence-electron chi connectivity index (χ2n) is 6.68. The molecule has 2 aromatic heterocycles. The smallest absolute Gasteiger partial charge is 0.250 e. The Hall–Kier alpha value is -2.68. The average molecular weight is 517 g/mol. The Balaban J connectivity index is 0.00000320. The summed E-state index contributed by atoms with van der Waals surface area (Å²) in [5, 5.41) is 6.62. The molecular formula is C23H28IN5O. The van der Waals surface area contributed by atoms with Gasteiger partial charge in [-0.2, -0.15) is 0 Å². The minimum absolute atomic E-state index is 0. The maximum Gasteiger partial charge on any atom is 0.250 e. The number of nitrogens with zero attached hydrogens (tertiary/aromatic N) is 3. The lowest BCUT2D eigenvalue weighted by Gasteiger charge is -2.11. The third kappa shape index (κ3) is 7.62. The molecule has 0 amide bonds. The number of pyridine rings is 2. The lowest BCUT2D eigenvalue weighted by Crippen LogP contribution is -2.38. The Morgan fingerprint density at radius 3 is 2.47 bits per heavy atom. The summed E-state index contributed by atoms with van der Waals surface area (Å²) in [4.78, 5) is 20.8. The fourth-order valence-electron chi connectivity index (χ4n) is 2.91. The Morgan fingerprint density at radius 1 is 1.00 bits per heavy atom. The summed E-state index contributed by atoms with van der Waals surface area (Å²) >= 11 is 0. The quantitative estimate of drug-likeness (QED) is 0.274. The van der Waals surface area contributed by atoms with Crippen molar-refractivity contribution in [3.63, 3.8) is 0 Å². The van der Waals surface area contributed by atoms with Crippen LogP contribution in [0.5, 0.6) is 0 Å². The Morgan fingerprint density at radius 2 is 1.77 bits per heavy atom. The van der Waals surface area contributed by atoms with Gasteiger partial charge in [-0.1, -0.05) is 36.4 Å². The minimum atomic E-state index is 0. The van der Waals surface area contributed by atoms with Gasteiger partial charge in [-0.25, -0.2) is 4.99 Å². The van der Waals surface area contributed by atoms with Crippen LogP contribution in [-0.4, -0.2) is 28.6 Å². The highest BCUT2D eigenvalue weighted by Gasteiger charge is 2.01. The predicted octanol–water partition coefficient (Wildman–Crippen LogP) is 3.21. The van der Waals surface area contributed by atoms with E-state index in [1.54, 1.807) is 22.9 Å². The van der Waals surface area contributed by atoms with E-state index in [1.807, 2.05) is 42.6 Å². The molecule has 0 aliphatic carbocycles. The number of halogens is 1. The number of rotatable bonds is 8. The molecule has 6 nitrogen and oxygen atoms in total. The molecule has 0 bridgehead atoms. The number of benzene rings is 1. The predicted molar refractivity (Wildman–Crippen MR) is 132 cm³/mol. The fraction of sp³-hybridized carbons (Fsp3) is 0.261. The van der Waals surface area contributed by atoms with E-state index in [4.69, 9.17) is 0 Å². The monoisotopic (exact) mass is 517 g/mol. The molecule has 0 unspecified atom stereocenters. The average Bonchev–Trinajstić information content (AvgIpc) is 2.75. The Kier molecular flexibility index (Phi) is 10.1. The fourth-order valence-corrected chi connectivity index (χ4v) is 2.91. The minimum Gasteiger partial charge on any atom is -0.357 e. The maximum absolute atomic E-state index is 11.8. The van der Waals surface area contributed by atoms with Crippen molar-refractivity contribution in [3.8, 4) is 0 Å². The van der Waals surface area contributed by atoms with E-state index in [0.717, 1.165) is 42.3 Å². The van der Waals surface area contributed by atoms with Gasteiger partial charge in [-0.3, -0.25) is 9.78 Å².